The van der Waals surface area contributed by atoms with Gasteiger partial charge in [-0.3, -0.25) is 0 Å². The number of nitrogens with zero attached hydrogens (tertiary/aromatic N) is 3. The Morgan fingerprint density at radius 1 is 0.686 bits per heavy atom. The second-order valence-electron chi connectivity index (χ2n) is 15.8. The van der Waals surface area contributed by atoms with Gasteiger partial charge in [0.05, 0.1) is 5.92 Å². The third-order valence-corrected chi connectivity index (χ3v) is 12.3. The Morgan fingerprint density at radius 3 is 1.67 bits per heavy atom. The maximum Gasteiger partial charge on any atom is 0.195 e. The molecule has 1 fully saturated rings. The number of hydrogen-bond donors (Lipinski definition) is 0. The van der Waals surface area contributed by atoms with Gasteiger partial charge in [0.15, 0.2) is 25.7 Å². The van der Waals surface area contributed by atoms with Crippen LogP contribution < -0.4 is 9.80 Å². The first kappa shape index (κ1) is 33.7. The largest absolute Gasteiger partial charge is 0.399 e. The van der Waals surface area contributed by atoms with Gasteiger partial charge in [0.2, 0.25) is 0 Å². The summed E-state index contributed by atoms with van der Waals surface area (Å²) in [5.74, 6) is 0.0524. The highest BCUT2D eigenvalue weighted by molar-refractivity contribution is 6.69. The van der Waals surface area contributed by atoms with Gasteiger partial charge in [-0.05, 0) is 90.1 Å². The monoisotopic (exact) mass is 690 g/mol. The number of benzene rings is 5. The molecule has 0 saturated carbocycles. The van der Waals surface area contributed by atoms with E-state index < -0.39 is 13.9 Å². The minimum Gasteiger partial charge on any atom is -0.399 e. The topological polar surface area (TPSA) is 18.7 Å². The van der Waals surface area contributed by atoms with Gasteiger partial charge in [-0.2, -0.15) is 0 Å². The van der Waals surface area contributed by atoms with Crippen molar-refractivity contribution in [3.63, 3.8) is 0 Å². The molecule has 3 heterocycles. The van der Waals surface area contributed by atoms with Crippen LogP contribution in [-0.2, 0) is 22.9 Å². The molecule has 0 bridgehead atoms. The Morgan fingerprint density at radius 2 is 1.18 bits per heavy atom. The minimum atomic E-state index is -2.11. The van der Waals surface area contributed by atoms with Crippen molar-refractivity contribution in [1.82, 2.24) is 0 Å². The predicted molar refractivity (Wildman–Crippen MR) is 215 cm³/mol. The summed E-state index contributed by atoms with van der Waals surface area (Å²) in [5, 5.41) is 0. The summed E-state index contributed by atoms with van der Waals surface area (Å²) < 4.78 is 10.5. The van der Waals surface area contributed by atoms with Gasteiger partial charge in [0.1, 0.15) is 6.54 Å². The van der Waals surface area contributed by atoms with E-state index in [2.05, 4.69) is 176 Å². The van der Waals surface area contributed by atoms with Crippen molar-refractivity contribution in [2.24, 2.45) is 0 Å². The molecule has 0 aromatic heterocycles. The van der Waals surface area contributed by atoms with Crippen LogP contribution in [0.15, 0.2) is 127 Å². The summed E-state index contributed by atoms with van der Waals surface area (Å²) >= 11 is 0. The van der Waals surface area contributed by atoms with E-state index >= 15 is 0 Å². The van der Waals surface area contributed by atoms with E-state index in [4.69, 9.17) is 4.43 Å². The number of fused-ring (bicyclic) bond motifs is 2. The van der Waals surface area contributed by atoms with E-state index in [1.54, 1.807) is 0 Å². The third-order valence-electron chi connectivity index (χ3n) is 11.4. The maximum atomic E-state index is 7.71. The van der Waals surface area contributed by atoms with Crippen LogP contribution in [0, 0.1) is 0 Å². The quantitative estimate of drug-likeness (QED) is 0.114. The molecule has 4 nitrogen and oxygen atoms in total. The highest BCUT2D eigenvalue weighted by Crippen LogP contribution is 2.46. The molecule has 0 N–H and O–H groups in total. The van der Waals surface area contributed by atoms with E-state index in [-0.39, 0.29) is 12.0 Å². The van der Waals surface area contributed by atoms with Crippen LogP contribution >= 0.6 is 0 Å². The number of anilines is 2. The van der Waals surface area contributed by atoms with Crippen molar-refractivity contribution in [1.29, 1.82) is 0 Å². The van der Waals surface area contributed by atoms with Gasteiger partial charge in [0, 0.05) is 57.0 Å². The van der Waals surface area contributed by atoms with E-state index in [0.29, 0.717) is 0 Å². The number of rotatable bonds is 9. The molecule has 0 aliphatic carbocycles. The molecule has 0 unspecified atom stereocenters. The lowest BCUT2D eigenvalue weighted by Crippen LogP contribution is -2.53. The van der Waals surface area contributed by atoms with Crippen molar-refractivity contribution < 1.29 is 9.00 Å². The van der Waals surface area contributed by atoms with Crippen LogP contribution in [0.25, 0.3) is 0 Å². The zero-order valence-corrected chi connectivity index (χ0v) is 32.0. The molecule has 8 rings (SSSR count). The van der Waals surface area contributed by atoms with Gasteiger partial charge < -0.3 is 14.2 Å². The maximum absolute atomic E-state index is 7.71. The minimum absolute atomic E-state index is 0.0524. The fraction of sp³-hybridized carbons (Fsp3) is 0.326. The van der Waals surface area contributed by atoms with Gasteiger partial charge in [-0.15, -0.1) is 0 Å². The van der Waals surface area contributed by atoms with Gasteiger partial charge in [-0.25, -0.2) is 4.58 Å². The molecule has 0 spiro atoms. The van der Waals surface area contributed by atoms with E-state index in [9.17, 15) is 0 Å². The highest BCUT2D eigenvalue weighted by Gasteiger charge is 2.55. The molecule has 0 radical (unpaired) electrons. The SMILES string of the molecule is CN1CCc2cc(C(C(c3ccccc3)=[N+]3CCC[C@H]3C(O[Si](C)(C)C)(c3ccccc3)c3ccccc3)c3ccc4c(c3)CCN4C)ccc21. The Labute approximate surface area is 306 Å². The van der Waals surface area contributed by atoms with Crippen LogP contribution in [0.4, 0.5) is 11.4 Å². The molecule has 3 aliphatic rings. The van der Waals surface area contributed by atoms with Gasteiger partial charge in [-0.1, -0.05) is 103 Å². The van der Waals surface area contributed by atoms with Crippen molar-refractivity contribution >= 4 is 25.4 Å². The lowest BCUT2D eigenvalue weighted by molar-refractivity contribution is -0.563. The lowest BCUT2D eigenvalue weighted by Gasteiger charge is -2.42. The fourth-order valence-corrected chi connectivity index (χ4v) is 10.6. The number of likely N-dealkylation sites (N-methyl/N-ethyl adjacent to an activating group) is 2. The predicted octanol–water partition coefficient (Wildman–Crippen LogP) is 9.26. The summed E-state index contributed by atoms with van der Waals surface area (Å²) in [6.07, 6.45) is 4.32. The summed E-state index contributed by atoms with van der Waals surface area (Å²) in [5.41, 5.74) is 12.9. The van der Waals surface area contributed by atoms with Crippen LogP contribution in [0.3, 0.4) is 0 Å². The molecule has 260 valence electrons. The Bertz CT molecular complexity index is 1940. The number of hydrogen-bond acceptors (Lipinski definition) is 3. The van der Waals surface area contributed by atoms with Crippen LogP contribution in [0.2, 0.25) is 19.6 Å². The second kappa shape index (κ2) is 13.6. The third kappa shape index (κ3) is 6.25. The molecular formula is C46H52N3OSi+. The van der Waals surface area contributed by atoms with Crippen LogP contribution in [0.5, 0.6) is 0 Å². The normalized spacial score (nSPS) is 18.4. The molecular weight excluding hydrogens is 639 g/mol. The van der Waals surface area contributed by atoms with E-state index in [1.165, 1.54) is 56.0 Å². The fourth-order valence-electron chi connectivity index (χ4n) is 9.22. The standard InChI is InChI=1S/C46H52N3OSi/c1-47-30-27-35-32-37(23-25-41(35)47)44(38-24-26-42-36(33-38)28-31-48(42)2)45(34-16-9-6-10-17-34)49-29-15-22-43(49)46(50-51(3,4)5,39-18-11-7-12-19-39)40-20-13-8-14-21-40/h6-14,16-21,23-26,32-33,43-44H,15,22,27-31H2,1-5H3/q+1/t43-/m0/s1. The van der Waals surface area contributed by atoms with Gasteiger partial charge >= 0.3 is 0 Å². The molecule has 5 heteroatoms. The Kier molecular flexibility index (Phi) is 8.98. The summed E-state index contributed by atoms with van der Waals surface area (Å²) in [6.45, 7) is 10.2. The highest BCUT2D eigenvalue weighted by atomic mass is 28.4. The van der Waals surface area contributed by atoms with Gasteiger partial charge in [0.25, 0.3) is 0 Å². The molecule has 51 heavy (non-hydrogen) atoms. The Balaban J connectivity index is 1.43. The smallest absolute Gasteiger partial charge is 0.195 e. The zero-order chi connectivity index (χ0) is 35.2. The average Bonchev–Trinajstić information content (AvgIpc) is 3.89. The molecule has 3 aliphatic heterocycles. The average molecular weight is 691 g/mol. The first-order chi connectivity index (χ1) is 24.7. The van der Waals surface area contributed by atoms with E-state index in [1.807, 2.05) is 0 Å². The van der Waals surface area contributed by atoms with Crippen LogP contribution in [0.1, 0.15) is 57.7 Å². The molecule has 1 saturated heterocycles. The van der Waals surface area contributed by atoms with Crippen molar-refractivity contribution in [3.8, 4) is 0 Å². The zero-order valence-electron chi connectivity index (χ0n) is 31.0. The van der Waals surface area contributed by atoms with Crippen molar-refractivity contribution in [2.75, 3.05) is 43.5 Å². The Hall–Kier alpha value is -4.45. The van der Waals surface area contributed by atoms with E-state index in [0.717, 1.165) is 45.3 Å². The van der Waals surface area contributed by atoms with Crippen LogP contribution in [-0.4, -0.2) is 58.4 Å². The van der Waals surface area contributed by atoms with Crippen molar-refractivity contribution in [3.05, 3.63) is 166 Å². The van der Waals surface area contributed by atoms with Crippen molar-refractivity contribution in [2.45, 2.75) is 62.9 Å². The first-order valence-electron chi connectivity index (χ1n) is 18.9. The summed E-state index contributed by atoms with van der Waals surface area (Å²) in [7, 11) is 2.34. The molecule has 5 aromatic carbocycles. The molecule has 5 aromatic rings. The molecule has 1 atom stereocenters. The summed E-state index contributed by atoms with van der Waals surface area (Å²) in [4.78, 5) is 4.80. The summed E-state index contributed by atoms with van der Waals surface area (Å²) in [6, 6.07) is 48.2. The molecule has 0 amide bonds. The second-order valence-corrected chi connectivity index (χ2v) is 20.3. The first-order valence-corrected chi connectivity index (χ1v) is 22.3. The lowest BCUT2D eigenvalue weighted by atomic mass is 9.78.